The van der Waals surface area contributed by atoms with Crippen LogP contribution in [0, 0.1) is 13.8 Å². The van der Waals surface area contributed by atoms with E-state index >= 15 is 0 Å². The first kappa shape index (κ1) is 12.8. The molecule has 1 aromatic carbocycles. The molecule has 1 atom stereocenters. The molecule has 3 nitrogen and oxygen atoms in total. The lowest BCUT2D eigenvalue weighted by Gasteiger charge is -2.16. The predicted molar refractivity (Wildman–Crippen MR) is 74.5 cm³/mol. The first-order valence-electron chi connectivity index (χ1n) is 6.47. The zero-order chi connectivity index (χ0) is 13.1. The van der Waals surface area contributed by atoms with E-state index < -0.39 is 0 Å². The molecule has 2 aromatic rings. The molecule has 0 aliphatic heterocycles. The average Bonchev–Trinajstić information content (AvgIpc) is 2.78. The quantitative estimate of drug-likeness (QED) is 0.897. The van der Waals surface area contributed by atoms with Crippen LogP contribution in [0.3, 0.4) is 0 Å². The van der Waals surface area contributed by atoms with Gasteiger partial charge in [-0.2, -0.15) is 5.10 Å². The van der Waals surface area contributed by atoms with E-state index in [4.69, 9.17) is 5.73 Å². The Balaban J connectivity index is 2.32. The van der Waals surface area contributed by atoms with Gasteiger partial charge in [-0.3, -0.25) is 4.68 Å². The van der Waals surface area contributed by atoms with Crippen molar-refractivity contribution in [3.63, 3.8) is 0 Å². The largest absolute Gasteiger partial charge is 0.320 e. The number of nitrogens with zero attached hydrogens (tertiary/aromatic N) is 2. The predicted octanol–water partition coefficient (Wildman–Crippen LogP) is 2.96. The van der Waals surface area contributed by atoms with Crippen LogP contribution in [0.5, 0.6) is 0 Å². The topological polar surface area (TPSA) is 43.8 Å². The van der Waals surface area contributed by atoms with Crippen molar-refractivity contribution in [3.05, 3.63) is 52.8 Å². The van der Waals surface area contributed by atoms with Crippen molar-refractivity contribution in [3.8, 4) is 0 Å². The number of aryl methyl sites for hydroxylation is 3. The highest BCUT2D eigenvalue weighted by molar-refractivity contribution is 5.40. The molecule has 2 N–H and O–H groups in total. The van der Waals surface area contributed by atoms with Crippen LogP contribution in [0.1, 0.15) is 41.6 Å². The van der Waals surface area contributed by atoms with E-state index in [0.29, 0.717) is 0 Å². The van der Waals surface area contributed by atoms with E-state index in [2.05, 4.69) is 50.3 Å². The first-order chi connectivity index (χ1) is 8.63. The van der Waals surface area contributed by atoms with Crippen molar-refractivity contribution >= 4 is 0 Å². The molecule has 1 heterocycles. The minimum atomic E-state index is -0.0863. The molecule has 0 saturated carbocycles. The van der Waals surface area contributed by atoms with Gasteiger partial charge in [-0.05, 0) is 37.0 Å². The molecule has 2 rings (SSSR count). The molecular formula is C15H21N3. The van der Waals surface area contributed by atoms with E-state index in [9.17, 15) is 0 Å². The number of nitrogens with two attached hydrogens (primary N) is 1. The van der Waals surface area contributed by atoms with Crippen LogP contribution in [-0.4, -0.2) is 9.78 Å². The van der Waals surface area contributed by atoms with E-state index in [1.54, 1.807) is 0 Å². The summed E-state index contributed by atoms with van der Waals surface area (Å²) >= 11 is 0. The van der Waals surface area contributed by atoms with Crippen LogP contribution in [0.15, 0.2) is 30.6 Å². The van der Waals surface area contributed by atoms with Crippen LogP contribution in [0.2, 0.25) is 0 Å². The second kappa shape index (κ2) is 5.36. The van der Waals surface area contributed by atoms with Crippen molar-refractivity contribution in [2.24, 2.45) is 5.73 Å². The third-order valence-electron chi connectivity index (χ3n) is 3.32. The number of aromatic nitrogens is 2. The van der Waals surface area contributed by atoms with Crippen LogP contribution < -0.4 is 5.73 Å². The summed E-state index contributed by atoms with van der Waals surface area (Å²) < 4.78 is 1.96. The zero-order valence-corrected chi connectivity index (χ0v) is 11.4. The summed E-state index contributed by atoms with van der Waals surface area (Å²) in [6.07, 6.45) is 5.02. The van der Waals surface area contributed by atoms with Gasteiger partial charge in [0.1, 0.15) is 0 Å². The number of hydrogen-bond acceptors (Lipinski definition) is 2. The maximum atomic E-state index is 6.37. The first-order valence-corrected chi connectivity index (χ1v) is 6.47. The summed E-state index contributed by atoms with van der Waals surface area (Å²) in [6.45, 7) is 7.31. The minimum absolute atomic E-state index is 0.0863. The fraction of sp³-hybridized carbons (Fsp3) is 0.400. The lowest BCUT2D eigenvalue weighted by molar-refractivity contribution is 0.602. The van der Waals surface area contributed by atoms with Crippen molar-refractivity contribution in [1.29, 1.82) is 0 Å². The molecule has 18 heavy (non-hydrogen) atoms. The second-order valence-corrected chi connectivity index (χ2v) is 4.82. The summed E-state index contributed by atoms with van der Waals surface area (Å²) in [7, 11) is 0. The summed E-state index contributed by atoms with van der Waals surface area (Å²) in [5, 5.41) is 4.35. The maximum absolute atomic E-state index is 6.37. The average molecular weight is 243 g/mol. The maximum Gasteiger partial charge on any atom is 0.0588 e. The normalized spacial score (nSPS) is 12.7. The van der Waals surface area contributed by atoms with Gasteiger partial charge < -0.3 is 5.73 Å². The number of hydrogen-bond donors (Lipinski definition) is 1. The van der Waals surface area contributed by atoms with Gasteiger partial charge in [0.2, 0.25) is 0 Å². The van der Waals surface area contributed by atoms with Crippen molar-refractivity contribution in [2.75, 3.05) is 0 Å². The lowest BCUT2D eigenvalue weighted by Crippen LogP contribution is -2.14. The van der Waals surface area contributed by atoms with E-state index in [1.165, 1.54) is 16.7 Å². The highest BCUT2D eigenvalue weighted by Crippen LogP contribution is 2.25. The second-order valence-electron chi connectivity index (χ2n) is 4.82. The van der Waals surface area contributed by atoms with Gasteiger partial charge in [0, 0.05) is 18.3 Å². The summed E-state index contributed by atoms with van der Waals surface area (Å²) in [5.41, 5.74) is 11.2. The Morgan fingerprint density at radius 1 is 1.28 bits per heavy atom. The molecule has 1 unspecified atom stereocenters. The smallest absolute Gasteiger partial charge is 0.0588 e. The van der Waals surface area contributed by atoms with Gasteiger partial charge in [0.15, 0.2) is 0 Å². The molecule has 0 aliphatic carbocycles. The molecule has 3 heteroatoms. The Hall–Kier alpha value is -1.61. The molecule has 0 bridgehead atoms. The highest BCUT2D eigenvalue weighted by atomic mass is 15.3. The van der Waals surface area contributed by atoms with Crippen molar-refractivity contribution in [2.45, 2.75) is 39.8 Å². The zero-order valence-electron chi connectivity index (χ0n) is 11.4. The molecule has 0 radical (unpaired) electrons. The van der Waals surface area contributed by atoms with Crippen LogP contribution >= 0.6 is 0 Å². The number of benzene rings is 1. The summed E-state index contributed by atoms with van der Waals surface area (Å²) in [4.78, 5) is 0. The standard InChI is InChI=1S/C15H21N3/c1-4-8-18-10-13(9-17-18)15(16)14-11(2)6-5-7-12(14)3/h5-7,9-10,15H,4,8,16H2,1-3H3. The van der Waals surface area contributed by atoms with Crippen LogP contribution in [0.25, 0.3) is 0 Å². The van der Waals surface area contributed by atoms with Gasteiger partial charge >= 0.3 is 0 Å². The van der Waals surface area contributed by atoms with Crippen molar-refractivity contribution in [1.82, 2.24) is 9.78 Å². The summed E-state index contributed by atoms with van der Waals surface area (Å²) in [5.74, 6) is 0. The summed E-state index contributed by atoms with van der Waals surface area (Å²) in [6, 6.07) is 6.20. The molecular weight excluding hydrogens is 222 g/mol. The van der Waals surface area contributed by atoms with Gasteiger partial charge in [0.05, 0.1) is 12.2 Å². The molecule has 0 spiro atoms. The van der Waals surface area contributed by atoms with Gasteiger partial charge in [-0.1, -0.05) is 25.1 Å². The molecule has 0 amide bonds. The Bertz CT molecular complexity index is 508. The Morgan fingerprint density at radius 3 is 2.56 bits per heavy atom. The monoisotopic (exact) mass is 243 g/mol. The van der Waals surface area contributed by atoms with Gasteiger partial charge in [-0.15, -0.1) is 0 Å². The molecule has 0 fully saturated rings. The minimum Gasteiger partial charge on any atom is -0.320 e. The van der Waals surface area contributed by atoms with Gasteiger partial charge in [0.25, 0.3) is 0 Å². The van der Waals surface area contributed by atoms with Crippen LogP contribution in [-0.2, 0) is 6.54 Å². The fourth-order valence-electron chi connectivity index (χ4n) is 2.38. The van der Waals surface area contributed by atoms with E-state index in [-0.39, 0.29) is 6.04 Å². The fourth-order valence-corrected chi connectivity index (χ4v) is 2.38. The molecule has 0 saturated heterocycles. The highest BCUT2D eigenvalue weighted by Gasteiger charge is 2.15. The third-order valence-corrected chi connectivity index (χ3v) is 3.32. The lowest BCUT2D eigenvalue weighted by atomic mass is 9.93. The number of rotatable bonds is 4. The molecule has 0 aliphatic rings. The molecule has 1 aromatic heterocycles. The van der Waals surface area contributed by atoms with E-state index in [1.807, 2.05) is 10.9 Å². The van der Waals surface area contributed by atoms with Crippen LogP contribution in [0.4, 0.5) is 0 Å². The van der Waals surface area contributed by atoms with E-state index in [0.717, 1.165) is 18.5 Å². The van der Waals surface area contributed by atoms with Gasteiger partial charge in [-0.25, -0.2) is 0 Å². The van der Waals surface area contributed by atoms with Crippen molar-refractivity contribution < 1.29 is 0 Å². The SMILES string of the molecule is CCCn1cc(C(N)c2c(C)cccc2C)cn1. The Labute approximate surface area is 109 Å². The Morgan fingerprint density at radius 2 is 1.94 bits per heavy atom. The molecule has 96 valence electrons. The Kier molecular flexibility index (Phi) is 3.82. The third kappa shape index (κ3) is 2.46.